The van der Waals surface area contributed by atoms with Gasteiger partial charge in [0.25, 0.3) is 11.8 Å². The van der Waals surface area contributed by atoms with Crippen LogP contribution in [-0.2, 0) is 24.3 Å². The third-order valence-corrected chi connectivity index (χ3v) is 6.44. The fraction of sp³-hybridized carbons (Fsp3) is 0.526. The maximum Gasteiger partial charge on any atom is 0.325 e. The molecule has 0 saturated carbocycles. The second-order valence-electron chi connectivity index (χ2n) is 6.56. The van der Waals surface area contributed by atoms with Gasteiger partial charge in [-0.05, 0) is 38.1 Å². The van der Waals surface area contributed by atoms with E-state index in [1.165, 1.54) is 33.5 Å². The third kappa shape index (κ3) is 6.82. The first-order valence-electron chi connectivity index (χ1n) is 9.34. The first-order valence-corrected chi connectivity index (χ1v) is 10.8. The van der Waals surface area contributed by atoms with Gasteiger partial charge in [-0.1, -0.05) is 13.8 Å². The molecular formula is C19H29N3O6S. The van der Waals surface area contributed by atoms with E-state index in [0.717, 1.165) is 0 Å². The van der Waals surface area contributed by atoms with Crippen molar-refractivity contribution < 1.29 is 27.5 Å². The highest BCUT2D eigenvalue weighted by atomic mass is 32.2. The van der Waals surface area contributed by atoms with E-state index < -0.39 is 35.1 Å². The van der Waals surface area contributed by atoms with E-state index in [1.54, 1.807) is 20.9 Å². The highest BCUT2D eigenvalue weighted by molar-refractivity contribution is 7.89. The highest BCUT2D eigenvalue weighted by Crippen LogP contribution is 2.16. The molecule has 2 amide bonds. The van der Waals surface area contributed by atoms with Crippen molar-refractivity contribution in [3.8, 4) is 0 Å². The Morgan fingerprint density at radius 3 is 2.10 bits per heavy atom. The average molecular weight is 428 g/mol. The summed E-state index contributed by atoms with van der Waals surface area (Å²) in [5.41, 5.74) is 0.201. The van der Waals surface area contributed by atoms with E-state index in [4.69, 9.17) is 4.74 Å². The quantitative estimate of drug-likeness (QED) is 0.554. The van der Waals surface area contributed by atoms with Crippen molar-refractivity contribution in [1.82, 2.24) is 14.5 Å². The Labute approximate surface area is 172 Å². The summed E-state index contributed by atoms with van der Waals surface area (Å²) >= 11 is 0. The van der Waals surface area contributed by atoms with Gasteiger partial charge in [-0.15, -0.1) is 0 Å². The number of benzene rings is 1. The van der Waals surface area contributed by atoms with Crippen LogP contribution in [0, 0.1) is 0 Å². The molecule has 1 rings (SSSR count). The van der Waals surface area contributed by atoms with Crippen LogP contribution in [0.3, 0.4) is 0 Å². The topological polar surface area (TPSA) is 113 Å². The zero-order valence-electron chi connectivity index (χ0n) is 17.5. The summed E-state index contributed by atoms with van der Waals surface area (Å²) in [7, 11) is -2.00. The Kier molecular flexibility index (Phi) is 9.25. The van der Waals surface area contributed by atoms with E-state index >= 15 is 0 Å². The second kappa shape index (κ2) is 10.9. The van der Waals surface area contributed by atoms with Crippen molar-refractivity contribution in [2.75, 3.05) is 33.3 Å². The third-order valence-electron chi connectivity index (χ3n) is 4.38. The molecule has 9 nitrogen and oxygen atoms in total. The van der Waals surface area contributed by atoms with Crippen LogP contribution in [0.4, 0.5) is 0 Å². The van der Waals surface area contributed by atoms with E-state index in [9.17, 15) is 22.8 Å². The molecule has 0 atom stereocenters. The zero-order chi connectivity index (χ0) is 22.2. The average Bonchev–Trinajstić information content (AvgIpc) is 2.70. The summed E-state index contributed by atoms with van der Waals surface area (Å²) in [5, 5.41) is 2.38. The highest BCUT2D eigenvalue weighted by Gasteiger charge is 2.22. The molecule has 0 aliphatic heterocycles. The summed E-state index contributed by atoms with van der Waals surface area (Å²) in [6, 6.07) is 5.42. The van der Waals surface area contributed by atoms with Crippen molar-refractivity contribution in [3.63, 3.8) is 0 Å². The fourth-order valence-corrected chi connectivity index (χ4v) is 3.79. The number of esters is 1. The summed E-state index contributed by atoms with van der Waals surface area (Å²) in [6.45, 7) is 7.04. The summed E-state index contributed by atoms with van der Waals surface area (Å²) < 4.78 is 31.0. The molecule has 1 N–H and O–H groups in total. The van der Waals surface area contributed by atoms with Gasteiger partial charge >= 0.3 is 5.97 Å². The molecule has 29 heavy (non-hydrogen) atoms. The number of hydrogen-bond donors (Lipinski definition) is 1. The van der Waals surface area contributed by atoms with Gasteiger partial charge in [0.05, 0.1) is 4.90 Å². The van der Waals surface area contributed by atoms with Gasteiger partial charge in [0.15, 0.2) is 6.61 Å². The van der Waals surface area contributed by atoms with Crippen molar-refractivity contribution >= 4 is 27.8 Å². The lowest BCUT2D eigenvalue weighted by Gasteiger charge is -2.21. The Morgan fingerprint density at radius 2 is 1.62 bits per heavy atom. The van der Waals surface area contributed by atoms with Crippen molar-refractivity contribution in [2.24, 2.45) is 0 Å². The van der Waals surface area contributed by atoms with Gasteiger partial charge in [-0.2, -0.15) is 4.31 Å². The van der Waals surface area contributed by atoms with E-state index in [-0.39, 0.29) is 22.4 Å². The largest absolute Gasteiger partial charge is 0.454 e. The molecule has 0 saturated heterocycles. The molecule has 0 aromatic heterocycles. The van der Waals surface area contributed by atoms with Crippen LogP contribution in [0.25, 0.3) is 0 Å². The number of rotatable bonds is 10. The molecule has 1 aromatic rings. The van der Waals surface area contributed by atoms with Crippen LogP contribution in [0.2, 0.25) is 0 Å². The molecule has 0 bridgehead atoms. The standard InChI is InChI=1S/C19H29N3O6S/c1-6-22(7-2)29(26,27)16-10-8-15(9-11-16)19(25)20-12-18(24)28-13-17(23)21(5)14(3)4/h8-11,14H,6-7,12-13H2,1-5H3,(H,20,25). The lowest BCUT2D eigenvalue weighted by molar-refractivity contribution is -0.151. The molecule has 162 valence electrons. The molecule has 0 aliphatic carbocycles. The maximum absolute atomic E-state index is 12.4. The molecule has 0 fully saturated rings. The number of carbonyl (C=O) groups excluding carboxylic acids is 3. The van der Waals surface area contributed by atoms with Gasteiger partial charge in [-0.3, -0.25) is 14.4 Å². The van der Waals surface area contributed by atoms with Crippen molar-refractivity contribution in [3.05, 3.63) is 29.8 Å². The number of nitrogens with zero attached hydrogens (tertiary/aromatic N) is 2. The smallest absolute Gasteiger partial charge is 0.325 e. The van der Waals surface area contributed by atoms with Gasteiger partial charge in [-0.25, -0.2) is 8.42 Å². The van der Waals surface area contributed by atoms with Crippen LogP contribution in [0.1, 0.15) is 38.1 Å². The lowest BCUT2D eigenvalue weighted by Crippen LogP contribution is -2.37. The number of likely N-dealkylation sites (N-methyl/N-ethyl adjacent to an activating group) is 1. The summed E-state index contributed by atoms with van der Waals surface area (Å²) in [4.78, 5) is 37.1. The van der Waals surface area contributed by atoms with Crippen molar-refractivity contribution in [2.45, 2.75) is 38.6 Å². The number of amides is 2. The van der Waals surface area contributed by atoms with Gasteiger partial charge in [0, 0.05) is 31.7 Å². The fourth-order valence-electron chi connectivity index (χ4n) is 2.33. The molecule has 0 spiro atoms. The van der Waals surface area contributed by atoms with E-state index in [1.807, 2.05) is 13.8 Å². The minimum absolute atomic E-state index is 0.0191. The number of ether oxygens (including phenoxy) is 1. The van der Waals surface area contributed by atoms with Crippen LogP contribution < -0.4 is 5.32 Å². The first-order chi connectivity index (χ1) is 13.5. The molecule has 0 aliphatic rings. The number of hydrogen-bond acceptors (Lipinski definition) is 6. The molecule has 0 radical (unpaired) electrons. The first kappa shape index (κ1) is 24.6. The van der Waals surface area contributed by atoms with E-state index in [0.29, 0.717) is 13.1 Å². The Morgan fingerprint density at radius 1 is 1.07 bits per heavy atom. The summed E-state index contributed by atoms with van der Waals surface area (Å²) in [6.07, 6.45) is 0. The molecule has 10 heteroatoms. The van der Waals surface area contributed by atoms with Gasteiger partial charge in [0.2, 0.25) is 10.0 Å². The maximum atomic E-state index is 12.4. The Hall–Kier alpha value is -2.46. The minimum atomic E-state index is -3.61. The minimum Gasteiger partial charge on any atom is -0.454 e. The SMILES string of the molecule is CCN(CC)S(=O)(=O)c1ccc(C(=O)NCC(=O)OCC(=O)N(C)C(C)C)cc1. The zero-order valence-corrected chi connectivity index (χ0v) is 18.3. The normalized spacial score (nSPS) is 11.4. The van der Waals surface area contributed by atoms with Crippen LogP contribution in [0.15, 0.2) is 29.2 Å². The predicted octanol–water partition coefficient (Wildman–Crippen LogP) is 0.857. The number of carbonyl (C=O) groups is 3. The Balaban J connectivity index is 2.61. The van der Waals surface area contributed by atoms with Crippen LogP contribution >= 0.6 is 0 Å². The molecule has 0 unspecified atom stereocenters. The monoisotopic (exact) mass is 427 g/mol. The lowest BCUT2D eigenvalue weighted by atomic mass is 10.2. The van der Waals surface area contributed by atoms with Crippen LogP contribution in [-0.4, -0.2) is 74.7 Å². The van der Waals surface area contributed by atoms with Gasteiger partial charge in [0.1, 0.15) is 6.54 Å². The molecule has 0 heterocycles. The summed E-state index contributed by atoms with van der Waals surface area (Å²) in [5.74, 6) is -1.64. The van der Waals surface area contributed by atoms with Crippen LogP contribution in [0.5, 0.6) is 0 Å². The van der Waals surface area contributed by atoms with E-state index in [2.05, 4.69) is 5.32 Å². The number of sulfonamides is 1. The molecular weight excluding hydrogens is 398 g/mol. The predicted molar refractivity (Wildman–Crippen MR) is 108 cm³/mol. The number of nitrogens with one attached hydrogen (secondary N) is 1. The Bertz CT molecular complexity index is 817. The van der Waals surface area contributed by atoms with Crippen molar-refractivity contribution in [1.29, 1.82) is 0 Å². The van der Waals surface area contributed by atoms with Gasteiger partial charge < -0.3 is 15.0 Å². The molecule has 1 aromatic carbocycles. The second-order valence-corrected chi connectivity index (χ2v) is 8.49.